The van der Waals surface area contributed by atoms with E-state index in [1.807, 2.05) is 0 Å². The van der Waals surface area contributed by atoms with E-state index in [4.69, 9.17) is 5.11 Å². The molecule has 0 aromatic carbocycles. The summed E-state index contributed by atoms with van der Waals surface area (Å²) in [7, 11) is 4.33. The minimum atomic E-state index is 0.146. The van der Waals surface area contributed by atoms with Crippen LogP contribution in [0.3, 0.4) is 0 Å². The second-order valence-corrected chi connectivity index (χ2v) is 7.19. The Kier molecular flexibility index (Phi) is 6.72. The Morgan fingerprint density at radius 2 is 2.10 bits per heavy atom. The molecule has 3 nitrogen and oxygen atoms in total. The first kappa shape index (κ1) is 16.5. The average Bonchev–Trinajstić information content (AvgIpc) is 2.88. The van der Waals surface area contributed by atoms with Gasteiger partial charge in [0.2, 0.25) is 0 Å². The molecule has 1 aliphatic rings. The topological polar surface area (TPSA) is 26.7 Å². The van der Waals surface area contributed by atoms with E-state index in [2.05, 4.69) is 47.9 Å². The number of likely N-dealkylation sites (tertiary alicyclic amines) is 1. The van der Waals surface area contributed by atoms with Crippen LogP contribution in [0.25, 0.3) is 0 Å². The van der Waals surface area contributed by atoms with Gasteiger partial charge in [0.05, 0.1) is 11.5 Å². The summed E-state index contributed by atoms with van der Waals surface area (Å²) >= 11 is 1.78. The molecular weight excluding hydrogens is 280 g/mol. The van der Waals surface area contributed by atoms with Crippen LogP contribution in [0, 0.1) is 17.8 Å². The minimum absolute atomic E-state index is 0.146. The fourth-order valence-corrected chi connectivity index (χ4v) is 3.72. The van der Waals surface area contributed by atoms with Crippen molar-refractivity contribution in [1.82, 2.24) is 9.80 Å². The summed E-state index contributed by atoms with van der Waals surface area (Å²) in [5, 5.41) is 8.73. The van der Waals surface area contributed by atoms with Crippen molar-refractivity contribution in [3.63, 3.8) is 0 Å². The van der Waals surface area contributed by atoms with E-state index in [1.54, 1.807) is 11.3 Å². The monoisotopic (exact) mass is 306 g/mol. The number of thiophene rings is 1. The molecule has 2 heterocycles. The van der Waals surface area contributed by atoms with Crippen molar-refractivity contribution in [2.45, 2.75) is 25.8 Å². The zero-order chi connectivity index (χ0) is 15.1. The molecule has 0 radical (unpaired) electrons. The van der Waals surface area contributed by atoms with E-state index >= 15 is 0 Å². The van der Waals surface area contributed by atoms with Crippen molar-refractivity contribution in [3.8, 4) is 11.8 Å². The maximum Gasteiger partial charge on any atom is 0.0771 e. The zero-order valence-corrected chi connectivity index (χ0v) is 14.0. The first-order valence-corrected chi connectivity index (χ1v) is 8.54. The van der Waals surface area contributed by atoms with Crippen LogP contribution in [0.1, 0.15) is 29.0 Å². The Labute approximate surface area is 132 Å². The lowest BCUT2D eigenvalue weighted by molar-refractivity contribution is 0.158. The van der Waals surface area contributed by atoms with Crippen LogP contribution in [-0.2, 0) is 6.54 Å². The molecule has 0 spiro atoms. The zero-order valence-electron chi connectivity index (χ0n) is 13.1. The maximum absolute atomic E-state index is 8.73. The van der Waals surface area contributed by atoms with Gasteiger partial charge in [-0.05, 0) is 58.1 Å². The highest BCUT2D eigenvalue weighted by Gasteiger charge is 2.19. The van der Waals surface area contributed by atoms with Gasteiger partial charge in [-0.15, -0.1) is 11.3 Å². The van der Waals surface area contributed by atoms with Gasteiger partial charge >= 0.3 is 0 Å². The normalized spacial score (nSPS) is 17.0. The number of rotatable bonds is 5. The smallest absolute Gasteiger partial charge is 0.0771 e. The summed E-state index contributed by atoms with van der Waals surface area (Å²) in [5.74, 6) is 6.96. The van der Waals surface area contributed by atoms with Crippen LogP contribution in [0.4, 0.5) is 0 Å². The molecule has 1 saturated heterocycles. The van der Waals surface area contributed by atoms with Gasteiger partial charge in [0.15, 0.2) is 0 Å². The number of hydrogen-bond acceptors (Lipinski definition) is 4. The molecule has 4 heteroatoms. The molecule has 1 aromatic heterocycles. The number of nitrogens with zero attached hydrogens (tertiary/aromatic N) is 2. The van der Waals surface area contributed by atoms with E-state index in [0.717, 1.165) is 17.3 Å². The Hall–Kier alpha value is -0.860. The third kappa shape index (κ3) is 5.80. The molecule has 1 N–H and O–H groups in total. The van der Waals surface area contributed by atoms with Crippen molar-refractivity contribution in [3.05, 3.63) is 21.9 Å². The standard InChI is InChI=1S/C17H26N2OS/c1-18(2)13-15-8-10-19(11-9-15)14-17-7-6-16(21-17)5-3-4-12-20/h6-7,15,20H,4,8-14H2,1-2H3. The molecule has 0 amide bonds. The van der Waals surface area contributed by atoms with Crippen LogP contribution in [-0.4, -0.2) is 55.2 Å². The van der Waals surface area contributed by atoms with Crippen molar-refractivity contribution < 1.29 is 5.11 Å². The fraction of sp³-hybridized carbons (Fsp3) is 0.647. The maximum atomic E-state index is 8.73. The van der Waals surface area contributed by atoms with Crippen molar-refractivity contribution >= 4 is 11.3 Å². The number of piperidine rings is 1. The van der Waals surface area contributed by atoms with Crippen LogP contribution >= 0.6 is 11.3 Å². The lowest BCUT2D eigenvalue weighted by Gasteiger charge is -2.32. The van der Waals surface area contributed by atoms with Crippen LogP contribution in [0.15, 0.2) is 12.1 Å². The third-order valence-electron chi connectivity index (χ3n) is 3.82. The van der Waals surface area contributed by atoms with Gasteiger partial charge in [-0.25, -0.2) is 0 Å². The third-order valence-corrected chi connectivity index (χ3v) is 4.81. The van der Waals surface area contributed by atoms with E-state index in [-0.39, 0.29) is 6.61 Å². The lowest BCUT2D eigenvalue weighted by Crippen LogP contribution is -2.36. The molecule has 2 rings (SSSR count). The van der Waals surface area contributed by atoms with E-state index in [0.29, 0.717) is 6.42 Å². The van der Waals surface area contributed by atoms with Crippen LogP contribution in [0.5, 0.6) is 0 Å². The Morgan fingerprint density at radius 3 is 2.76 bits per heavy atom. The summed E-state index contributed by atoms with van der Waals surface area (Å²) in [6, 6.07) is 4.29. The lowest BCUT2D eigenvalue weighted by atomic mass is 9.96. The SMILES string of the molecule is CN(C)CC1CCN(Cc2ccc(C#CCCO)s2)CC1. The van der Waals surface area contributed by atoms with Gasteiger partial charge in [-0.3, -0.25) is 4.90 Å². The first-order chi connectivity index (χ1) is 10.2. The molecule has 1 aromatic rings. The van der Waals surface area contributed by atoms with Crippen molar-refractivity contribution in [2.24, 2.45) is 5.92 Å². The molecule has 21 heavy (non-hydrogen) atoms. The second-order valence-electron chi connectivity index (χ2n) is 6.02. The molecule has 0 bridgehead atoms. The van der Waals surface area contributed by atoms with E-state index in [9.17, 15) is 0 Å². The fourth-order valence-electron chi connectivity index (χ4n) is 2.80. The number of aliphatic hydroxyl groups is 1. The van der Waals surface area contributed by atoms with Gasteiger partial charge in [0.25, 0.3) is 0 Å². The van der Waals surface area contributed by atoms with Gasteiger partial charge in [0.1, 0.15) is 0 Å². The highest BCUT2D eigenvalue weighted by Crippen LogP contribution is 2.22. The summed E-state index contributed by atoms with van der Waals surface area (Å²) in [4.78, 5) is 7.37. The molecule has 1 aliphatic heterocycles. The van der Waals surface area contributed by atoms with Crippen LogP contribution in [0.2, 0.25) is 0 Å². The quantitative estimate of drug-likeness (QED) is 0.845. The Morgan fingerprint density at radius 1 is 1.33 bits per heavy atom. The minimum Gasteiger partial charge on any atom is -0.395 e. The molecular formula is C17H26N2OS. The first-order valence-electron chi connectivity index (χ1n) is 7.73. The molecule has 1 fully saturated rings. The van der Waals surface area contributed by atoms with Crippen LogP contribution < -0.4 is 0 Å². The molecule has 0 atom stereocenters. The highest BCUT2D eigenvalue weighted by atomic mass is 32.1. The second kappa shape index (κ2) is 8.55. The van der Waals surface area contributed by atoms with Crippen molar-refractivity contribution in [1.29, 1.82) is 0 Å². The van der Waals surface area contributed by atoms with Gasteiger partial charge in [0, 0.05) is 24.4 Å². The molecule has 0 unspecified atom stereocenters. The van der Waals surface area contributed by atoms with Gasteiger partial charge in [-0.2, -0.15) is 0 Å². The molecule has 0 aliphatic carbocycles. The molecule has 116 valence electrons. The summed E-state index contributed by atoms with van der Waals surface area (Å²) in [6.07, 6.45) is 3.19. The summed E-state index contributed by atoms with van der Waals surface area (Å²) < 4.78 is 0. The largest absolute Gasteiger partial charge is 0.395 e. The summed E-state index contributed by atoms with van der Waals surface area (Å²) in [5.41, 5.74) is 0. The van der Waals surface area contributed by atoms with Crippen molar-refractivity contribution in [2.75, 3.05) is 40.3 Å². The van der Waals surface area contributed by atoms with E-state index in [1.165, 1.54) is 37.4 Å². The average molecular weight is 306 g/mol. The Balaban J connectivity index is 1.77. The number of aliphatic hydroxyl groups excluding tert-OH is 1. The van der Waals surface area contributed by atoms with E-state index < -0.39 is 0 Å². The van der Waals surface area contributed by atoms with Gasteiger partial charge in [-0.1, -0.05) is 11.8 Å². The predicted molar refractivity (Wildman–Crippen MR) is 89.5 cm³/mol. The molecule has 0 saturated carbocycles. The highest BCUT2D eigenvalue weighted by molar-refractivity contribution is 7.12. The predicted octanol–water partition coefficient (Wildman–Crippen LogP) is 2.26. The number of hydrogen-bond donors (Lipinski definition) is 1. The Bertz CT molecular complexity index is 478. The van der Waals surface area contributed by atoms with Gasteiger partial charge < -0.3 is 10.0 Å². The summed E-state index contributed by atoms with van der Waals surface area (Å²) in [6.45, 7) is 4.84.